The van der Waals surface area contributed by atoms with Crippen LogP contribution in [-0.4, -0.2) is 50.4 Å². The topological polar surface area (TPSA) is 162 Å². The maximum atomic E-state index is 12.6. The number of sulfone groups is 1. The third-order valence-corrected chi connectivity index (χ3v) is 7.87. The lowest BCUT2D eigenvalue weighted by Gasteiger charge is -2.09. The van der Waals surface area contributed by atoms with Crippen molar-refractivity contribution in [1.82, 2.24) is 30.2 Å². The Hall–Kier alpha value is -3.26. The van der Waals surface area contributed by atoms with Crippen molar-refractivity contribution in [2.75, 3.05) is 10.6 Å². The van der Waals surface area contributed by atoms with Crippen LogP contribution in [0.25, 0.3) is 0 Å². The average Bonchev–Trinajstić information content (AvgIpc) is 3.49. The van der Waals surface area contributed by atoms with Crippen LogP contribution in [-0.2, 0) is 16.9 Å². The number of tetrazole rings is 1. The highest BCUT2D eigenvalue weighted by Crippen LogP contribution is 2.29. The molecule has 1 fully saturated rings. The molecule has 0 saturated heterocycles. The number of rotatable bonds is 6. The summed E-state index contributed by atoms with van der Waals surface area (Å²) in [4.78, 5) is 32.9. The number of ketones is 1. The minimum atomic E-state index is -3.96. The summed E-state index contributed by atoms with van der Waals surface area (Å²) in [7, 11) is -2.55. The number of anilines is 2. The van der Waals surface area contributed by atoms with Gasteiger partial charge in [-0.05, 0) is 35.4 Å². The zero-order valence-electron chi connectivity index (χ0n) is 16.3. The second-order valence-electron chi connectivity index (χ2n) is 6.93. The number of pyridine rings is 1. The molecule has 162 valence electrons. The van der Waals surface area contributed by atoms with Gasteiger partial charge in [-0.25, -0.2) is 22.9 Å². The summed E-state index contributed by atoms with van der Waals surface area (Å²) in [5.41, 5.74) is 0.702. The Bertz CT molecular complexity index is 1230. The Kier molecular flexibility index (Phi) is 5.73. The number of nitrogens with zero attached hydrogens (tertiary/aromatic N) is 6. The van der Waals surface area contributed by atoms with Crippen LogP contribution in [0.3, 0.4) is 0 Å². The van der Waals surface area contributed by atoms with Gasteiger partial charge in [0, 0.05) is 24.8 Å². The van der Waals surface area contributed by atoms with Crippen molar-refractivity contribution in [3.05, 3.63) is 30.2 Å². The molecule has 0 radical (unpaired) electrons. The summed E-state index contributed by atoms with van der Waals surface area (Å²) >= 11 is 0.764. The molecule has 0 atom stereocenters. The third-order valence-electron chi connectivity index (χ3n) is 4.79. The number of hydrogen-bond acceptors (Lipinski definition) is 10. The van der Waals surface area contributed by atoms with Crippen LogP contribution in [0.15, 0.2) is 33.9 Å². The molecule has 12 nitrogen and oxygen atoms in total. The van der Waals surface area contributed by atoms with Crippen LogP contribution in [0.4, 0.5) is 15.6 Å². The van der Waals surface area contributed by atoms with E-state index in [1.54, 1.807) is 6.07 Å². The molecule has 0 aromatic carbocycles. The number of aryl methyl sites for hydroxylation is 1. The van der Waals surface area contributed by atoms with E-state index < -0.39 is 15.9 Å². The first-order chi connectivity index (χ1) is 14.8. The molecule has 0 aliphatic heterocycles. The van der Waals surface area contributed by atoms with E-state index >= 15 is 0 Å². The molecule has 0 unspecified atom stereocenters. The molecule has 3 aromatic heterocycles. The molecule has 2 amide bonds. The lowest BCUT2D eigenvalue weighted by atomic mass is 9.99. The van der Waals surface area contributed by atoms with Crippen molar-refractivity contribution in [2.45, 2.75) is 35.0 Å². The van der Waals surface area contributed by atoms with Gasteiger partial charge in [0.2, 0.25) is 0 Å². The molecule has 31 heavy (non-hydrogen) atoms. The van der Waals surface area contributed by atoms with Gasteiger partial charge in [-0.1, -0.05) is 29.3 Å². The second kappa shape index (κ2) is 8.47. The monoisotopic (exact) mass is 462 g/mol. The smallest absolute Gasteiger partial charge is 0.308 e. The van der Waals surface area contributed by atoms with Gasteiger partial charge in [-0.15, -0.1) is 0 Å². The van der Waals surface area contributed by atoms with Crippen molar-refractivity contribution in [2.24, 2.45) is 13.0 Å². The van der Waals surface area contributed by atoms with E-state index in [1.807, 2.05) is 0 Å². The van der Waals surface area contributed by atoms with Gasteiger partial charge in [0.15, 0.2) is 10.9 Å². The SMILES string of the molecule is Cn1nnnc1S(=O)(=O)c1cnc(NC(=O)Nc2ccnc(C(=O)C3CCCC3)c2)s1. The maximum absolute atomic E-state index is 12.6. The van der Waals surface area contributed by atoms with E-state index in [0.29, 0.717) is 11.4 Å². The Labute approximate surface area is 181 Å². The largest absolute Gasteiger partial charge is 0.325 e. The van der Waals surface area contributed by atoms with Crippen molar-refractivity contribution in [3.8, 4) is 0 Å². The van der Waals surface area contributed by atoms with Gasteiger partial charge >= 0.3 is 6.03 Å². The molecule has 0 bridgehead atoms. The molecule has 3 heterocycles. The quantitative estimate of drug-likeness (QED) is 0.521. The highest BCUT2D eigenvalue weighted by atomic mass is 32.2. The fourth-order valence-electron chi connectivity index (χ4n) is 3.28. The Morgan fingerprint density at radius 1 is 1.19 bits per heavy atom. The number of thiazole rings is 1. The summed E-state index contributed by atoms with van der Waals surface area (Å²) in [6.45, 7) is 0. The molecule has 1 aliphatic rings. The van der Waals surface area contributed by atoms with Crippen LogP contribution in [0.1, 0.15) is 36.2 Å². The van der Waals surface area contributed by atoms with Crippen molar-refractivity contribution < 1.29 is 18.0 Å². The van der Waals surface area contributed by atoms with E-state index in [2.05, 4.69) is 36.1 Å². The van der Waals surface area contributed by atoms with Crippen LogP contribution in [0, 0.1) is 5.92 Å². The summed E-state index contributed by atoms with van der Waals surface area (Å²) in [6, 6.07) is 2.45. The molecule has 1 saturated carbocycles. The van der Waals surface area contributed by atoms with Crippen LogP contribution in [0.2, 0.25) is 0 Å². The first-order valence-corrected chi connectivity index (χ1v) is 11.7. The molecular formula is C17H18N8O4S2. The van der Waals surface area contributed by atoms with E-state index in [9.17, 15) is 18.0 Å². The Morgan fingerprint density at radius 3 is 2.68 bits per heavy atom. The van der Waals surface area contributed by atoms with Crippen molar-refractivity contribution in [1.29, 1.82) is 0 Å². The number of amides is 2. The summed E-state index contributed by atoms with van der Waals surface area (Å²) in [5.74, 6) is -0.0361. The zero-order chi connectivity index (χ0) is 22.0. The fourth-order valence-corrected chi connectivity index (χ4v) is 5.62. The standard InChI is InChI=1S/C17H18N8O4S2/c1-25-17(22-23-24-25)31(28,29)13-9-19-16(30-13)21-15(27)20-11-6-7-18-12(8-11)14(26)10-4-2-3-5-10/h6-10H,2-5H2,1H3,(H2,18,19,20,21,27). The normalized spacial score (nSPS) is 14.5. The Morgan fingerprint density at radius 2 is 1.97 bits per heavy atom. The van der Waals surface area contributed by atoms with E-state index in [1.165, 1.54) is 19.3 Å². The van der Waals surface area contributed by atoms with E-state index in [-0.39, 0.29) is 26.2 Å². The highest BCUT2D eigenvalue weighted by Gasteiger charge is 2.27. The number of nitrogens with one attached hydrogen (secondary N) is 2. The summed E-state index contributed by atoms with van der Waals surface area (Å²) < 4.78 is 26.0. The molecular weight excluding hydrogens is 444 g/mol. The van der Waals surface area contributed by atoms with Crippen molar-refractivity contribution >= 4 is 43.8 Å². The number of Topliss-reactive ketones (excluding diaryl/α,β-unsaturated/α-hetero) is 1. The molecule has 2 N–H and O–H groups in total. The number of urea groups is 1. The van der Waals surface area contributed by atoms with E-state index in [4.69, 9.17) is 0 Å². The Balaban J connectivity index is 1.43. The van der Waals surface area contributed by atoms with Gasteiger partial charge in [0.1, 0.15) is 9.90 Å². The highest BCUT2D eigenvalue weighted by molar-refractivity contribution is 7.93. The zero-order valence-corrected chi connectivity index (χ0v) is 18.0. The molecule has 1 aliphatic carbocycles. The third kappa shape index (κ3) is 4.44. The molecule has 4 rings (SSSR count). The molecule has 0 spiro atoms. The van der Waals surface area contributed by atoms with Crippen LogP contribution in [0.5, 0.6) is 0 Å². The number of carbonyl (C=O) groups is 2. The average molecular weight is 463 g/mol. The van der Waals surface area contributed by atoms with Crippen LogP contribution >= 0.6 is 11.3 Å². The summed E-state index contributed by atoms with van der Waals surface area (Å²) in [5, 5.41) is 15.1. The summed E-state index contributed by atoms with van der Waals surface area (Å²) in [6.07, 6.45) is 6.37. The van der Waals surface area contributed by atoms with Crippen LogP contribution < -0.4 is 10.6 Å². The molecule has 3 aromatic rings. The predicted octanol–water partition coefficient (Wildman–Crippen LogP) is 1.91. The predicted molar refractivity (Wildman–Crippen MR) is 110 cm³/mol. The lowest BCUT2D eigenvalue weighted by Crippen LogP contribution is -2.20. The minimum Gasteiger partial charge on any atom is -0.308 e. The van der Waals surface area contributed by atoms with Gasteiger partial charge in [0.05, 0.1) is 6.20 Å². The molecule has 14 heteroatoms. The van der Waals surface area contributed by atoms with Gasteiger partial charge in [-0.3, -0.25) is 15.1 Å². The fraction of sp³-hybridized carbons (Fsp3) is 0.353. The van der Waals surface area contributed by atoms with Crippen molar-refractivity contribution in [3.63, 3.8) is 0 Å². The number of aromatic nitrogens is 6. The first-order valence-electron chi connectivity index (χ1n) is 9.36. The first kappa shape index (κ1) is 21.0. The number of carbonyl (C=O) groups excluding carboxylic acids is 2. The number of hydrogen-bond donors (Lipinski definition) is 2. The second-order valence-corrected chi connectivity index (χ2v) is 10.0. The lowest BCUT2D eigenvalue weighted by molar-refractivity contribution is 0.0917. The van der Waals surface area contributed by atoms with E-state index in [0.717, 1.165) is 47.9 Å². The van der Waals surface area contributed by atoms with Gasteiger partial charge in [-0.2, -0.15) is 0 Å². The van der Waals surface area contributed by atoms with Gasteiger partial charge < -0.3 is 5.32 Å². The minimum absolute atomic E-state index is 0.0172. The maximum Gasteiger partial charge on any atom is 0.325 e. The van der Waals surface area contributed by atoms with Gasteiger partial charge in [0.25, 0.3) is 15.0 Å².